The maximum absolute atomic E-state index is 12.9. The smallest absolute Gasteiger partial charge is 0.326 e. The molecule has 0 spiro atoms. The van der Waals surface area contributed by atoms with Crippen molar-refractivity contribution in [3.05, 3.63) is 0 Å². The standard InChI is InChI=1S/C19H33N7O8/c1-3-8(2)15(26-16(30)9(20)4-5-12(21)27)18(32)24-10(6-13(22)28)17(31)25-11(19(33)34)7-14(23)29/h8-11,15H,3-7,20H2,1-2H3,(H2,21,27)(H2,22,28)(H2,23,29)(H,24,32)(H,25,31)(H,26,30)(H,33,34). The molecule has 0 rings (SSSR count). The van der Waals surface area contributed by atoms with Crippen LogP contribution in [0.25, 0.3) is 0 Å². The van der Waals surface area contributed by atoms with Gasteiger partial charge in [0, 0.05) is 6.42 Å². The van der Waals surface area contributed by atoms with Gasteiger partial charge < -0.3 is 44.0 Å². The van der Waals surface area contributed by atoms with Crippen LogP contribution in [-0.4, -0.2) is 70.7 Å². The van der Waals surface area contributed by atoms with E-state index in [-0.39, 0.29) is 12.8 Å². The minimum atomic E-state index is -1.70. The molecule has 192 valence electrons. The highest BCUT2D eigenvalue weighted by molar-refractivity contribution is 5.96. The molecule has 12 N–H and O–H groups in total. The first-order valence-electron chi connectivity index (χ1n) is 10.4. The Morgan fingerprint density at radius 3 is 1.71 bits per heavy atom. The van der Waals surface area contributed by atoms with Gasteiger partial charge in [0.25, 0.3) is 0 Å². The number of carbonyl (C=O) groups is 7. The van der Waals surface area contributed by atoms with Crippen LogP contribution in [0.2, 0.25) is 0 Å². The van der Waals surface area contributed by atoms with Crippen molar-refractivity contribution in [2.24, 2.45) is 28.9 Å². The van der Waals surface area contributed by atoms with E-state index in [1.54, 1.807) is 13.8 Å². The number of carboxylic acid groups (broad SMARTS) is 1. The second-order valence-corrected chi connectivity index (χ2v) is 7.78. The van der Waals surface area contributed by atoms with E-state index in [0.29, 0.717) is 6.42 Å². The summed E-state index contributed by atoms with van der Waals surface area (Å²) in [6.45, 7) is 3.37. The molecular formula is C19H33N7O8. The third-order valence-electron chi connectivity index (χ3n) is 4.89. The van der Waals surface area contributed by atoms with Crippen LogP contribution in [-0.2, 0) is 33.6 Å². The normalized spacial score (nSPS) is 15.0. The second-order valence-electron chi connectivity index (χ2n) is 7.78. The minimum Gasteiger partial charge on any atom is -0.480 e. The van der Waals surface area contributed by atoms with Crippen LogP contribution in [0.4, 0.5) is 0 Å². The Balaban J connectivity index is 5.57. The quantitative estimate of drug-likeness (QED) is 0.105. The number of rotatable bonds is 16. The summed E-state index contributed by atoms with van der Waals surface area (Å²) in [5, 5.41) is 15.9. The lowest BCUT2D eigenvalue weighted by Crippen LogP contribution is -2.59. The number of amides is 6. The van der Waals surface area contributed by atoms with Crippen LogP contribution in [0.3, 0.4) is 0 Å². The third-order valence-corrected chi connectivity index (χ3v) is 4.89. The Labute approximate surface area is 195 Å². The molecule has 0 aromatic rings. The molecule has 0 heterocycles. The van der Waals surface area contributed by atoms with E-state index < -0.39 is 84.3 Å². The molecule has 0 bridgehead atoms. The lowest BCUT2D eigenvalue weighted by molar-refractivity contribution is -0.144. The fourth-order valence-electron chi connectivity index (χ4n) is 2.74. The number of nitrogens with two attached hydrogens (primary N) is 4. The van der Waals surface area contributed by atoms with Gasteiger partial charge in [-0.1, -0.05) is 20.3 Å². The number of nitrogens with one attached hydrogen (secondary N) is 3. The minimum absolute atomic E-state index is 0.0564. The average molecular weight is 488 g/mol. The van der Waals surface area contributed by atoms with Gasteiger partial charge >= 0.3 is 5.97 Å². The van der Waals surface area contributed by atoms with Gasteiger partial charge in [-0.2, -0.15) is 0 Å². The van der Waals surface area contributed by atoms with Gasteiger partial charge in [0.1, 0.15) is 18.1 Å². The van der Waals surface area contributed by atoms with Crippen LogP contribution in [0.5, 0.6) is 0 Å². The zero-order chi connectivity index (χ0) is 26.6. The molecule has 0 radical (unpaired) electrons. The first kappa shape index (κ1) is 30.2. The van der Waals surface area contributed by atoms with Crippen molar-refractivity contribution < 1.29 is 38.7 Å². The number of hydrogen-bond acceptors (Lipinski definition) is 8. The molecule has 0 aliphatic heterocycles. The molecule has 0 aromatic heterocycles. The highest BCUT2D eigenvalue weighted by Gasteiger charge is 2.33. The van der Waals surface area contributed by atoms with Gasteiger partial charge in [-0.05, 0) is 12.3 Å². The van der Waals surface area contributed by atoms with Crippen LogP contribution in [0.15, 0.2) is 0 Å². The highest BCUT2D eigenvalue weighted by Crippen LogP contribution is 2.10. The lowest BCUT2D eigenvalue weighted by atomic mass is 9.97. The zero-order valence-corrected chi connectivity index (χ0v) is 19.0. The van der Waals surface area contributed by atoms with Gasteiger partial charge in [-0.15, -0.1) is 0 Å². The number of aliphatic carboxylic acids is 1. The van der Waals surface area contributed by atoms with E-state index in [1.165, 1.54) is 0 Å². The molecule has 0 aliphatic rings. The Kier molecular flexibility index (Phi) is 12.8. The van der Waals surface area contributed by atoms with E-state index in [4.69, 9.17) is 28.0 Å². The van der Waals surface area contributed by atoms with Crippen molar-refractivity contribution in [1.82, 2.24) is 16.0 Å². The summed E-state index contributed by atoms with van der Waals surface area (Å²) >= 11 is 0. The molecule has 0 saturated heterocycles. The number of hydrogen-bond donors (Lipinski definition) is 8. The molecule has 34 heavy (non-hydrogen) atoms. The molecule has 5 unspecified atom stereocenters. The molecule has 0 aliphatic carbocycles. The van der Waals surface area contributed by atoms with Crippen molar-refractivity contribution in [3.63, 3.8) is 0 Å². The summed E-state index contributed by atoms with van der Waals surface area (Å²) in [6.07, 6.45) is -1.21. The van der Waals surface area contributed by atoms with Gasteiger partial charge in [0.2, 0.25) is 35.4 Å². The summed E-state index contributed by atoms with van der Waals surface area (Å²) in [6, 6.07) is -5.64. The van der Waals surface area contributed by atoms with E-state index in [1.807, 2.05) is 5.32 Å². The van der Waals surface area contributed by atoms with Crippen molar-refractivity contribution in [2.75, 3.05) is 0 Å². The molecule has 6 amide bonds. The maximum Gasteiger partial charge on any atom is 0.326 e. The number of carboxylic acids is 1. The Morgan fingerprint density at radius 2 is 1.26 bits per heavy atom. The Morgan fingerprint density at radius 1 is 0.765 bits per heavy atom. The summed E-state index contributed by atoms with van der Waals surface area (Å²) in [4.78, 5) is 82.5. The molecule has 0 aromatic carbocycles. The summed E-state index contributed by atoms with van der Waals surface area (Å²) < 4.78 is 0. The number of carbonyl (C=O) groups excluding carboxylic acids is 6. The van der Waals surface area contributed by atoms with Crippen LogP contribution in [0, 0.1) is 5.92 Å². The van der Waals surface area contributed by atoms with Crippen LogP contribution >= 0.6 is 0 Å². The lowest BCUT2D eigenvalue weighted by Gasteiger charge is -2.27. The predicted octanol–water partition coefficient (Wildman–Crippen LogP) is -4.08. The summed E-state index contributed by atoms with van der Waals surface area (Å²) in [5.74, 6) is -7.38. The van der Waals surface area contributed by atoms with Gasteiger partial charge in [-0.3, -0.25) is 28.8 Å². The van der Waals surface area contributed by atoms with Crippen molar-refractivity contribution in [3.8, 4) is 0 Å². The largest absolute Gasteiger partial charge is 0.480 e. The fraction of sp³-hybridized carbons (Fsp3) is 0.632. The van der Waals surface area contributed by atoms with E-state index >= 15 is 0 Å². The molecule has 5 atom stereocenters. The van der Waals surface area contributed by atoms with Crippen molar-refractivity contribution >= 4 is 41.4 Å². The van der Waals surface area contributed by atoms with Crippen LogP contribution < -0.4 is 38.9 Å². The zero-order valence-electron chi connectivity index (χ0n) is 19.0. The first-order chi connectivity index (χ1) is 15.7. The topological polar surface area (TPSA) is 280 Å². The van der Waals surface area contributed by atoms with Gasteiger partial charge in [0.15, 0.2) is 0 Å². The Hall–Kier alpha value is -3.75. The highest BCUT2D eigenvalue weighted by atomic mass is 16.4. The molecule has 0 fully saturated rings. The van der Waals surface area contributed by atoms with E-state index in [2.05, 4.69) is 10.6 Å². The SMILES string of the molecule is CCC(C)C(NC(=O)C(N)CCC(N)=O)C(=O)NC(CC(N)=O)C(=O)NC(CC(N)=O)C(=O)O. The van der Waals surface area contributed by atoms with Crippen LogP contribution in [0.1, 0.15) is 46.0 Å². The fourth-order valence-corrected chi connectivity index (χ4v) is 2.74. The van der Waals surface area contributed by atoms with Crippen molar-refractivity contribution in [2.45, 2.75) is 70.1 Å². The molecule has 15 nitrogen and oxygen atoms in total. The van der Waals surface area contributed by atoms with Gasteiger partial charge in [-0.25, -0.2) is 4.79 Å². The molecule has 15 heteroatoms. The maximum atomic E-state index is 12.9. The summed E-state index contributed by atoms with van der Waals surface area (Å²) in [5.41, 5.74) is 20.9. The number of primary amides is 3. The van der Waals surface area contributed by atoms with E-state index in [9.17, 15) is 33.6 Å². The Bertz CT molecular complexity index is 804. The summed E-state index contributed by atoms with van der Waals surface area (Å²) in [7, 11) is 0. The van der Waals surface area contributed by atoms with Gasteiger partial charge in [0.05, 0.1) is 18.9 Å². The van der Waals surface area contributed by atoms with Crippen molar-refractivity contribution in [1.29, 1.82) is 0 Å². The molecular weight excluding hydrogens is 454 g/mol. The van der Waals surface area contributed by atoms with E-state index in [0.717, 1.165) is 0 Å². The molecule has 0 saturated carbocycles. The second kappa shape index (κ2) is 14.4. The first-order valence-corrected chi connectivity index (χ1v) is 10.4. The third kappa shape index (κ3) is 11.2. The monoisotopic (exact) mass is 487 g/mol. The average Bonchev–Trinajstić information content (AvgIpc) is 2.72. The predicted molar refractivity (Wildman–Crippen MR) is 117 cm³/mol.